The van der Waals surface area contributed by atoms with Crippen LogP contribution in [0.15, 0.2) is 0 Å². The Bertz CT molecular complexity index is 352. The van der Waals surface area contributed by atoms with Gasteiger partial charge in [0.05, 0.1) is 0 Å². The average molecular weight is 299 g/mol. The van der Waals surface area contributed by atoms with Crippen LogP contribution >= 0.6 is 0 Å². The summed E-state index contributed by atoms with van der Waals surface area (Å²) in [5.41, 5.74) is -0.439. The van der Waals surface area contributed by atoms with E-state index in [9.17, 15) is 9.59 Å². The highest BCUT2D eigenvalue weighted by Gasteiger charge is 2.21. The number of carbonyl (C=O) groups is 2. The fourth-order valence-electron chi connectivity index (χ4n) is 2.00. The van der Waals surface area contributed by atoms with Gasteiger partial charge in [-0.05, 0) is 62.1 Å². The molecule has 1 atom stereocenters. The Balaban J connectivity index is 4.39. The molecule has 0 aliphatic carbocycles. The van der Waals surface area contributed by atoms with Gasteiger partial charge in [-0.2, -0.15) is 0 Å². The Labute approximate surface area is 129 Å². The third kappa shape index (κ3) is 11.3. The van der Waals surface area contributed by atoms with E-state index in [1.807, 2.05) is 60.5 Å². The number of nitrogens with zero attached hydrogens (tertiary/aromatic N) is 1. The van der Waals surface area contributed by atoms with Crippen molar-refractivity contribution in [3.05, 3.63) is 0 Å². The minimum absolute atomic E-state index is 0.0254. The zero-order valence-electron chi connectivity index (χ0n) is 15.0. The summed E-state index contributed by atoms with van der Waals surface area (Å²) in [6, 6.07) is 0.0677. The molecule has 0 fully saturated rings. The third-order valence-corrected chi connectivity index (χ3v) is 2.88. The molecule has 2 N–H and O–H groups in total. The van der Waals surface area contributed by atoms with Crippen LogP contribution in [0.4, 0.5) is 0 Å². The molecule has 0 aliphatic rings. The molecule has 0 saturated carbocycles. The van der Waals surface area contributed by atoms with Crippen molar-refractivity contribution in [1.82, 2.24) is 15.5 Å². The van der Waals surface area contributed by atoms with E-state index in [1.165, 1.54) is 0 Å². The lowest BCUT2D eigenvalue weighted by atomic mass is 10.0. The summed E-state index contributed by atoms with van der Waals surface area (Å²) in [5, 5.41) is 5.91. The molecule has 0 spiro atoms. The van der Waals surface area contributed by atoms with Crippen LogP contribution in [-0.4, -0.2) is 47.9 Å². The molecule has 0 aliphatic heterocycles. The summed E-state index contributed by atoms with van der Waals surface area (Å²) in [6.07, 6.45) is 1.52. The molecule has 124 valence electrons. The summed E-state index contributed by atoms with van der Waals surface area (Å²) in [4.78, 5) is 25.9. The van der Waals surface area contributed by atoms with Crippen LogP contribution in [0.25, 0.3) is 0 Å². The molecule has 0 aromatic carbocycles. The Morgan fingerprint density at radius 2 is 1.33 bits per heavy atom. The van der Waals surface area contributed by atoms with Crippen LogP contribution in [-0.2, 0) is 9.59 Å². The maximum atomic E-state index is 12.0. The lowest BCUT2D eigenvalue weighted by Gasteiger charge is -2.27. The zero-order valence-corrected chi connectivity index (χ0v) is 15.0. The first kappa shape index (κ1) is 19.9. The first-order valence-corrected chi connectivity index (χ1v) is 7.58. The Kier molecular flexibility index (Phi) is 7.37. The molecule has 0 aromatic rings. The number of hydrogen-bond donors (Lipinski definition) is 2. The summed E-state index contributed by atoms with van der Waals surface area (Å²) in [7, 11) is 3.88. The maximum absolute atomic E-state index is 12.0. The summed E-state index contributed by atoms with van der Waals surface area (Å²) < 4.78 is 0. The van der Waals surface area contributed by atoms with E-state index >= 15 is 0 Å². The second kappa shape index (κ2) is 7.78. The predicted octanol–water partition coefficient (Wildman–Crippen LogP) is 1.92. The predicted molar refractivity (Wildman–Crippen MR) is 87.1 cm³/mol. The number of nitrogens with one attached hydrogen (secondary N) is 2. The molecule has 0 unspecified atom stereocenters. The van der Waals surface area contributed by atoms with Gasteiger partial charge < -0.3 is 15.5 Å². The number of hydrogen-bond acceptors (Lipinski definition) is 3. The van der Waals surface area contributed by atoms with Crippen molar-refractivity contribution < 1.29 is 9.59 Å². The minimum atomic E-state index is -0.225. The molecule has 0 rings (SSSR count). The summed E-state index contributed by atoms with van der Waals surface area (Å²) >= 11 is 0. The van der Waals surface area contributed by atoms with Crippen molar-refractivity contribution in [1.29, 1.82) is 0 Å². The van der Waals surface area contributed by atoms with Crippen LogP contribution in [0.2, 0.25) is 0 Å². The smallest absolute Gasteiger partial charge is 0.221 e. The van der Waals surface area contributed by atoms with Crippen molar-refractivity contribution in [2.45, 2.75) is 77.9 Å². The van der Waals surface area contributed by atoms with Crippen molar-refractivity contribution in [3.8, 4) is 0 Å². The van der Waals surface area contributed by atoms with Gasteiger partial charge in [-0.3, -0.25) is 9.59 Å². The van der Waals surface area contributed by atoms with Gasteiger partial charge in [0.1, 0.15) is 0 Å². The van der Waals surface area contributed by atoms with E-state index in [-0.39, 0.29) is 28.9 Å². The SMILES string of the molecule is CN(C)[C@H](CCC(=O)NC(C)(C)C)CC(=O)NC(C)(C)C. The van der Waals surface area contributed by atoms with Gasteiger partial charge >= 0.3 is 0 Å². The van der Waals surface area contributed by atoms with Gasteiger partial charge in [0, 0.05) is 30.0 Å². The molecule has 0 heterocycles. The lowest BCUT2D eigenvalue weighted by molar-refractivity contribution is -0.125. The Morgan fingerprint density at radius 1 is 0.905 bits per heavy atom. The molecule has 0 aromatic heterocycles. The molecule has 0 saturated heterocycles. The van der Waals surface area contributed by atoms with Crippen molar-refractivity contribution >= 4 is 11.8 Å². The second-order valence-corrected chi connectivity index (χ2v) is 7.96. The van der Waals surface area contributed by atoms with E-state index in [0.717, 1.165) is 0 Å². The molecular weight excluding hydrogens is 266 g/mol. The second-order valence-electron chi connectivity index (χ2n) is 7.96. The van der Waals surface area contributed by atoms with Crippen molar-refractivity contribution in [2.24, 2.45) is 0 Å². The quantitative estimate of drug-likeness (QED) is 0.787. The highest BCUT2D eigenvalue weighted by Crippen LogP contribution is 2.11. The van der Waals surface area contributed by atoms with Crippen molar-refractivity contribution in [3.63, 3.8) is 0 Å². The monoisotopic (exact) mass is 299 g/mol. The first-order valence-electron chi connectivity index (χ1n) is 7.58. The number of rotatable bonds is 6. The first-order chi connectivity index (χ1) is 9.30. The van der Waals surface area contributed by atoms with E-state index in [4.69, 9.17) is 0 Å². The fourth-order valence-corrected chi connectivity index (χ4v) is 2.00. The third-order valence-electron chi connectivity index (χ3n) is 2.88. The Morgan fingerprint density at radius 3 is 1.71 bits per heavy atom. The van der Waals surface area contributed by atoms with Crippen LogP contribution in [0.1, 0.15) is 60.8 Å². The zero-order chi connectivity index (χ0) is 16.8. The molecule has 5 heteroatoms. The Hall–Kier alpha value is -1.10. The van der Waals surface area contributed by atoms with Gasteiger partial charge in [-0.25, -0.2) is 0 Å². The van der Waals surface area contributed by atoms with Gasteiger partial charge in [-0.15, -0.1) is 0 Å². The normalized spacial score (nSPS) is 14.0. The highest BCUT2D eigenvalue weighted by molar-refractivity contribution is 5.78. The molecule has 0 radical (unpaired) electrons. The topological polar surface area (TPSA) is 61.4 Å². The minimum Gasteiger partial charge on any atom is -0.352 e. The van der Waals surface area contributed by atoms with Crippen LogP contribution in [0.5, 0.6) is 0 Å². The fraction of sp³-hybridized carbons (Fsp3) is 0.875. The van der Waals surface area contributed by atoms with E-state index in [0.29, 0.717) is 19.3 Å². The largest absolute Gasteiger partial charge is 0.352 e. The van der Waals surface area contributed by atoms with Crippen molar-refractivity contribution in [2.75, 3.05) is 14.1 Å². The van der Waals surface area contributed by atoms with E-state index < -0.39 is 0 Å². The van der Waals surface area contributed by atoms with Crippen LogP contribution in [0, 0.1) is 0 Å². The molecule has 2 amide bonds. The van der Waals surface area contributed by atoms with Crippen LogP contribution < -0.4 is 10.6 Å². The lowest BCUT2D eigenvalue weighted by Crippen LogP contribution is -2.44. The van der Waals surface area contributed by atoms with E-state index in [2.05, 4.69) is 10.6 Å². The summed E-state index contributed by atoms with van der Waals surface area (Å²) in [6.45, 7) is 11.8. The average Bonchev–Trinajstić information content (AvgIpc) is 2.18. The highest BCUT2D eigenvalue weighted by atomic mass is 16.2. The number of carbonyl (C=O) groups excluding carboxylic acids is 2. The maximum Gasteiger partial charge on any atom is 0.221 e. The number of amides is 2. The molecule has 0 bridgehead atoms. The standard InChI is InChI=1S/C16H33N3O2/c1-15(2,3)17-13(20)10-9-12(19(7)8)11-14(21)18-16(4,5)6/h12H,9-11H2,1-8H3,(H,17,20)(H,18,21)/t12-/m1/s1. The molecule has 21 heavy (non-hydrogen) atoms. The van der Waals surface area contributed by atoms with Crippen LogP contribution in [0.3, 0.4) is 0 Å². The molecular formula is C16H33N3O2. The van der Waals surface area contributed by atoms with Gasteiger partial charge in [0.25, 0.3) is 0 Å². The summed E-state index contributed by atoms with van der Waals surface area (Å²) in [5.74, 6) is 0.0583. The van der Waals surface area contributed by atoms with Gasteiger partial charge in [0.2, 0.25) is 11.8 Å². The van der Waals surface area contributed by atoms with Gasteiger partial charge in [-0.1, -0.05) is 0 Å². The molecule has 5 nitrogen and oxygen atoms in total. The van der Waals surface area contributed by atoms with E-state index in [1.54, 1.807) is 0 Å². The van der Waals surface area contributed by atoms with Gasteiger partial charge in [0.15, 0.2) is 0 Å².